The largest absolute Gasteiger partial charge is 0.354 e. The number of aromatic nitrogens is 3. The van der Waals surface area contributed by atoms with Crippen molar-refractivity contribution in [1.29, 1.82) is 0 Å². The second kappa shape index (κ2) is 7.73. The molecule has 0 bridgehead atoms. The summed E-state index contributed by atoms with van der Waals surface area (Å²) in [5.74, 6) is 7.60. The Labute approximate surface area is 115 Å². The van der Waals surface area contributed by atoms with Crippen LogP contribution < -0.4 is 21.5 Å². The third-order valence-corrected chi connectivity index (χ3v) is 2.64. The van der Waals surface area contributed by atoms with Crippen molar-refractivity contribution >= 4 is 17.8 Å². The van der Waals surface area contributed by atoms with E-state index in [1.54, 1.807) is 0 Å². The summed E-state index contributed by atoms with van der Waals surface area (Å²) in [4.78, 5) is 14.4. The maximum absolute atomic E-state index is 5.35. The fraction of sp³-hybridized carbons (Fsp3) is 0.750. The molecule has 1 aromatic rings. The Kier molecular flexibility index (Phi) is 6.27. The number of rotatable bonds is 8. The second-order valence-corrected chi connectivity index (χ2v) is 5.14. The number of hydrogen-bond donors (Lipinski definition) is 3. The van der Waals surface area contributed by atoms with Gasteiger partial charge in [0.15, 0.2) is 0 Å². The van der Waals surface area contributed by atoms with Crippen LogP contribution in [-0.2, 0) is 0 Å². The number of anilines is 3. The number of hydrogen-bond acceptors (Lipinski definition) is 7. The Morgan fingerprint density at radius 3 is 2.37 bits per heavy atom. The van der Waals surface area contributed by atoms with Crippen LogP contribution in [0.3, 0.4) is 0 Å². The van der Waals surface area contributed by atoms with Gasteiger partial charge in [-0.2, -0.15) is 15.0 Å². The Morgan fingerprint density at radius 1 is 1.11 bits per heavy atom. The molecule has 0 saturated heterocycles. The van der Waals surface area contributed by atoms with Crippen molar-refractivity contribution < 1.29 is 0 Å². The molecule has 4 N–H and O–H groups in total. The van der Waals surface area contributed by atoms with Crippen LogP contribution >= 0.6 is 0 Å². The molecule has 0 spiro atoms. The fourth-order valence-electron chi connectivity index (χ4n) is 1.59. The van der Waals surface area contributed by atoms with Gasteiger partial charge in [0.25, 0.3) is 0 Å². The highest BCUT2D eigenvalue weighted by Crippen LogP contribution is 2.11. The van der Waals surface area contributed by atoms with Gasteiger partial charge < -0.3 is 10.2 Å². The lowest BCUT2D eigenvalue weighted by Gasteiger charge is -2.13. The van der Waals surface area contributed by atoms with Gasteiger partial charge in [0, 0.05) is 20.6 Å². The molecule has 0 saturated carbocycles. The van der Waals surface area contributed by atoms with Gasteiger partial charge in [-0.25, -0.2) is 5.84 Å². The predicted molar refractivity (Wildman–Crippen MR) is 79.1 cm³/mol. The molecule has 0 aliphatic carbocycles. The van der Waals surface area contributed by atoms with Crippen LogP contribution in [0.1, 0.15) is 33.1 Å². The standard InChI is InChI=1S/C12H25N7/c1-9(2)7-5-6-8-14-10-15-11(18-13)17-12(16-10)19(3)4/h9H,5-8,13H2,1-4H3,(H2,14,15,16,17,18). The molecule has 1 aromatic heterocycles. The van der Waals surface area contributed by atoms with Crippen molar-refractivity contribution in [3.05, 3.63) is 0 Å². The number of unbranched alkanes of at least 4 members (excludes halogenated alkanes) is 1. The Balaban J connectivity index is 2.50. The number of nitrogens with zero attached hydrogens (tertiary/aromatic N) is 4. The molecular weight excluding hydrogens is 242 g/mol. The molecule has 0 unspecified atom stereocenters. The van der Waals surface area contributed by atoms with E-state index in [2.05, 4.69) is 39.5 Å². The van der Waals surface area contributed by atoms with Crippen LogP contribution in [0.5, 0.6) is 0 Å². The van der Waals surface area contributed by atoms with Crippen molar-refractivity contribution in [1.82, 2.24) is 15.0 Å². The van der Waals surface area contributed by atoms with Crippen LogP contribution in [0.2, 0.25) is 0 Å². The summed E-state index contributed by atoms with van der Waals surface area (Å²) in [6.45, 7) is 5.33. The molecule has 0 aliphatic heterocycles. The van der Waals surface area contributed by atoms with Crippen molar-refractivity contribution in [2.24, 2.45) is 11.8 Å². The van der Waals surface area contributed by atoms with E-state index in [1.807, 2.05) is 19.0 Å². The first-order valence-corrected chi connectivity index (χ1v) is 6.66. The molecule has 7 heteroatoms. The lowest BCUT2D eigenvalue weighted by atomic mass is 10.1. The van der Waals surface area contributed by atoms with Crippen LogP contribution in [0.4, 0.5) is 17.8 Å². The quantitative estimate of drug-likeness (QED) is 0.373. The van der Waals surface area contributed by atoms with Crippen molar-refractivity contribution in [2.75, 3.05) is 36.3 Å². The maximum atomic E-state index is 5.35. The molecular formula is C12H25N7. The third-order valence-electron chi connectivity index (χ3n) is 2.64. The van der Waals surface area contributed by atoms with Crippen LogP contribution in [0.15, 0.2) is 0 Å². The average molecular weight is 267 g/mol. The van der Waals surface area contributed by atoms with Gasteiger partial charge in [-0.05, 0) is 12.3 Å². The van der Waals surface area contributed by atoms with E-state index in [1.165, 1.54) is 12.8 Å². The van der Waals surface area contributed by atoms with Gasteiger partial charge in [-0.15, -0.1) is 0 Å². The third kappa shape index (κ3) is 5.69. The topological polar surface area (TPSA) is 92.0 Å². The Bertz CT molecular complexity index is 378. The highest BCUT2D eigenvalue weighted by Gasteiger charge is 2.06. The first kappa shape index (κ1) is 15.4. The van der Waals surface area contributed by atoms with E-state index < -0.39 is 0 Å². The predicted octanol–water partition coefficient (Wildman–Crippen LogP) is 1.46. The molecule has 19 heavy (non-hydrogen) atoms. The van der Waals surface area contributed by atoms with Crippen molar-refractivity contribution in [3.8, 4) is 0 Å². The highest BCUT2D eigenvalue weighted by molar-refractivity contribution is 5.42. The molecule has 108 valence electrons. The van der Waals surface area contributed by atoms with Gasteiger partial charge >= 0.3 is 0 Å². The minimum atomic E-state index is 0.364. The highest BCUT2D eigenvalue weighted by atomic mass is 15.4. The van der Waals surface area contributed by atoms with Gasteiger partial charge in [-0.1, -0.05) is 26.7 Å². The number of nitrogens with one attached hydrogen (secondary N) is 2. The van der Waals surface area contributed by atoms with E-state index >= 15 is 0 Å². The van der Waals surface area contributed by atoms with E-state index in [0.29, 0.717) is 17.8 Å². The Hall–Kier alpha value is -1.63. The summed E-state index contributed by atoms with van der Waals surface area (Å²) >= 11 is 0. The van der Waals surface area contributed by atoms with E-state index in [0.717, 1.165) is 18.9 Å². The smallest absolute Gasteiger partial charge is 0.243 e. The minimum absolute atomic E-state index is 0.364. The minimum Gasteiger partial charge on any atom is -0.354 e. The first-order valence-electron chi connectivity index (χ1n) is 6.66. The zero-order chi connectivity index (χ0) is 14.3. The summed E-state index contributed by atoms with van der Waals surface area (Å²) < 4.78 is 0. The summed E-state index contributed by atoms with van der Waals surface area (Å²) in [6, 6.07) is 0. The monoisotopic (exact) mass is 267 g/mol. The first-order chi connectivity index (χ1) is 9.02. The summed E-state index contributed by atoms with van der Waals surface area (Å²) in [5.41, 5.74) is 2.45. The van der Waals surface area contributed by atoms with Crippen molar-refractivity contribution in [3.63, 3.8) is 0 Å². The van der Waals surface area contributed by atoms with E-state index in [4.69, 9.17) is 5.84 Å². The fourth-order valence-corrected chi connectivity index (χ4v) is 1.59. The molecule has 0 amide bonds. The lowest BCUT2D eigenvalue weighted by molar-refractivity contribution is 0.544. The molecule has 0 aromatic carbocycles. The van der Waals surface area contributed by atoms with Gasteiger partial charge in [-0.3, -0.25) is 5.43 Å². The van der Waals surface area contributed by atoms with E-state index in [9.17, 15) is 0 Å². The number of hydrazine groups is 1. The van der Waals surface area contributed by atoms with Crippen LogP contribution in [0.25, 0.3) is 0 Å². The molecule has 1 rings (SSSR count). The molecule has 1 heterocycles. The summed E-state index contributed by atoms with van der Waals surface area (Å²) in [5, 5.41) is 3.20. The number of nitrogen functional groups attached to an aromatic ring is 1. The van der Waals surface area contributed by atoms with Gasteiger partial charge in [0.05, 0.1) is 0 Å². The zero-order valence-electron chi connectivity index (χ0n) is 12.3. The maximum Gasteiger partial charge on any atom is 0.243 e. The SMILES string of the molecule is CC(C)CCCCNc1nc(NN)nc(N(C)C)n1. The normalized spacial score (nSPS) is 10.6. The summed E-state index contributed by atoms with van der Waals surface area (Å²) in [6.07, 6.45) is 3.56. The number of nitrogens with two attached hydrogens (primary N) is 1. The van der Waals surface area contributed by atoms with Crippen molar-refractivity contribution in [2.45, 2.75) is 33.1 Å². The molecule has 7 nitrogen and oxygen atoms in total. The molecule has 0 radical (unpaired) electrons. The Morgan fingerprint density at radius 2 is 1.79 bits per heavy atom. The van der Waals surface area contributed by atoms with E-state index in [-0.39, 0.29) is 0 Å². The average Bonchev–Trinajstić information content (AvgIpc) is 2.37. The van der Waals surface area contributed by atoms with Gasteiger partial charge in [0.1, 0.15) is 0 Å². The van der Waals surface area contributed by atoms with Gasteiger partial charge in [0.2, 0.25) is 17.8 Å². The zero-order valence-corrected chi connectivity index (χ0v) is 12.3. The van der Waals surface area contributed by atoms with Crippen LogP contribution in [-0.4, -0.2) is 35.6 Å². The van der Waals surface area contributed by atoms with Crippen LogP contribution in [0, 0.1) is 5.92 Å². The molecule has 0 atom stereocenters. The second-order valence-electron chi connectivity index (χ2n) is 5.14. The molecule has 0 fully saturated rings. The molecule has 0 aliphatic rings. The summed E-state index contributed by atoms with van der Waals surface area (Å²) in [7, 11) is 3.75. The lowest BCUT2D eigenvalue weighted by Crippen LogP contribution is -2.19.